The standard InChI is InChI=1S/C12H24N2/c1-5-12(8-13-11-6-7-11)14(4)9-10(2)3/h11-13H,2,5-9H2,1,3-4H3. The lowest BCUT2D eigenvalue weighted by molar-refractivity contribution is 0.246. The molecule has 0 heterocycles. The van der Waals surface area contributed by atoms with Gasteiger partial charge in [0.1, 0.15) is 0 Å². The number of likely N-dealkylation sites (N-methyl/N-ethyl adjacent to an activating group) is 1. The number of nitrogens with one attached hydrogen (secondary N) is 1. The molecular formula is C12H24N2. The molecule has 1 rings (SSSR count). The molecule has 2 heteroatoms. The molecule has 1 unspecified atom stereocenters. The first kappa shape index (κ1) is 11.7. The molecule has 0 aromatic carbocycles. The second-order valence-electron chi connectivity index (χ2n) is 4.62. The second kappa shape index (κ2) is 5.52. The lowest BCUT2D eigenvalue weighted by Gasteiger charge is -2.27. The zero-order valence-electron chi connectivity index (χ0n) is 9.84. The Kier molecular flexibility index (Phi) is 4.63. The lowest BCUT2D eigenvalue weighted by Crippen LogP contribution is -2.41. The fraction of sp³-hybridized carbons (Fsp3) is 0.833. The number of rotatable bonds is 7. The minimum atomic E-state index is 0.660. The summed E-state index contributed by atoms with van der Waals surface area (Å²) < 4.78 is 0. The van der Waals surface area contributed by atoms with Crippen molar-refractivity contribution in [1.29, 1.82) is 0 Å². The van der Waals surface area contributed by atoms with Gasteiger partial charge in [-0.05, 0) is 33.2 Å². The molecule has 0 radical (unpaired) electrons. The average Bonchev–Trinajstić information content (AvgIpc) is 2.87. The number of hydrogen-bond acceptors (Lipinski definition) is 2. The fourth-order valence-corrected chi connectivity index (χ4v) is 1.76. The Bertz CT molecular complexity index is 185. The van der Waals surface area contributed by atoms with Gasteiger partial charge in [0.05, 0.1) is 0 Å². The van der Waals surface area contributed by atoms with Crippen molar-refractivity contribution in [2.45, 2.75) is 45.2 Å². The van der Waals surface area contributed by atoms with E-state index in [0.29, 0.717) is 6.04 Å². The SMILES string of the molecule is C=C(C)CN(C)C(CC)CNC1CC1. The van der Waals surface area contributed by atoms with E-state index in [0.717, 1.165) is 19.1 Å². The van der Waals surface area contributed by atoms with Crippen molar-refractivity contribution in [3.63, 3.8) is 0 Å². The van der Waals surface area contributed by atoms with E-state index in [2.05, 4.69) is 37.7 Å². The summed E-state index contributed by atoms with van der Waals surface area (Å²) in [7, 11) is 2.19. The molecule has 0 aromatic heterocycles. The van der Waals surface area contributed by atoms with Crippen LogP contribution in [0, 0.1) is 0 Å². The molecule has 1 N–H and O–H groups in total. The molecule has 1 aliphatic carbocycles. The third-order valence-electron chi connectivity index (χ3n) is 2.83. The summed E-state index contributed by atoms with van der Waals surface area (Å²) in [6.07, 6.45) is 3.96. The maximum absolute atomic E-state index is 3.96. The Morgan fingerprint density at radius 1 is 1.57 bits per heavy atom. The largest absolute Gasteiger partial charge is 0.312 e. The maximum Gasteiger partial charge on any atom is 0.0218 e. The first-order chi connectivity index (χ1) is 6.63. The Labute approximate surface area is 88.4 Å². The summed E-state index contributed by atoms with van der Waals surface area (Å²) in [5, 5.41) is 3.59. The smallest absolute Gasteiger partial charge is 0.0218 e. The van der Waals surface area contributed by atoms with E-state index in [4.69, 9.17) is 0 Å². The van der Waals surface area contributed by atoms with E-state index < -0.39 is 0 Å². The van der Waals surface area contributed by atoms with Gasteiger partial charge in [0, 0.05) is 25.2 Å². The van der Waals surface area contributed by atoms with Crippen LogP contribution in [0.3, 0.4) is 0 Å². The molecule has 2 nitrogen and oxygen atoms in total. The predicted octanol–water partition coefficient (Wildman–Crippen LogP) is 2.02. The summed E-state index contributed by atoms with van der Waals surface area (Å²) in [6, 6.07) is 1.48. The lowest BCUT2D eigenvalue weighted by atomic mass is 10.2. The molecule has 0 amide bonds. The normalized spacial score (nSPS) is 18.6. The molecule has 1 atom stereocenters. The van der Waals surface area contributed by atoms with E-state index in [1.165, 1.54) is 24.8 Å². The average molecular weight is 196 g/mol. The van der Waals surface area contributed by atoms with Crippen molar-refractivity contribution in [1.82, 2.24) is 10.2 Å². The second-order valence-corrected chi connectivity index (χ2v) is 4.62. The van der Waals surface area contributed by atoms with Crippen molar-refractivity contribution in [2.75, 3.05) is 20.1 Å². The summed E-state index contributed by atoms with van der Waals surface area (Å²) >= 11 is 0. The van der Waals surface area contributed by atoms with Crippen molar-refractivity contribution in [2.24, 2.45) is 0 Å². The van der Waals surface area contributed by atoms with Crippen LogP contribution in [0.2, 0.25) is 0 Å². The summed E-state index contributed by atoms with van der Waals surface area (Å²) in [4.78, 5) is 2.40. The molecule has 1 fully saturated rings. The molecule has 14 heavy (non-hydrogen) atoms. The third-order valence-corrected chi connectivity index (χ3v) is 2.83. The van der Waals surface area contributed by atoms with Gasteiger partial charge >= 0.3 is 0 Å². The highest BCUT2D eigenvalue weighted by atomic mass is 15.2. The molecule has 0 aromatic rings. The predicted molar refractivity (Wildman–Crippen MR) is 62.5 cm³/mol. The highest BCUT2D eigenvalue weighted by Crippen LogP contribution is 2.18. The van der Waals surface area contributed by atoms with Crippen molar-refractivity contribution in [3.05, 3.63) is 12.2 Å². The fourth-order valence-electron chi connectivity index (χ4n) is 1.76. The molecule has 1 saturated carbocycles. The van der Waals surface area contributed by atoms with Gasteiger partial charge in [-0.3, -0.25) is 4.90 Å². The van der Waals surface area contributed by atoms with Crippen LogP contribution in [0.1, 0.15) is 33.1 Å². The molecule has 0 saturated heterocycles. The van der Waals surface area contributed by atoms with Crippen LogP contribution in [-0.2, 0) is 0 Å². The van der Waals surface area contributed by atoms with Crippen molar-refractivity contribution in [3.8, 4) is 0 Å². The summed E-state index contributed by atoms with van der Waals surface area (Å²) in [5.74, 6) is 0. The molecule has 0 bridgehead atoms. The van der Waals surface area contributed by atoms with Gasteiger partial charge in [0.2, 0.25) is 0 Å². The van der Waals surface area contributed by atoms with Crippen LogP contribution in [0.25, 0.3) is 0 Å². The number of hydrogen-bond donors (Lipinski definition) is 1. The van der Waals surface area contributed by atoms with E-state index in [-0.39, 0.29) is 0 Å². The molecular weight excluding hydrogens is 172 g/mol. The zero-order chi connectivity index (χ0) is 10.6. The van der Waals surface area contributed by atoms with Crippen LogP contribution >= 0.6 is 0 Å². The van der Waals surface area contributed by atoms with Crippen LogP contribution in [-0.4, -0.2) is 37.1 Å². The van der Waals surface area contributed by atoms with Crippen molar-refractivity contribution < 1.29 is 0 Å². The highest BCUT2D eigenvalue weighted by molar-refractivity contribution is 4.93. The topological polar surface area (TPSA) is 15.3 Å². The highest BCUT2D eigenvalue weighted by Gasteiger charge is 2.22. The minimum absolute atomic E-state index is 0.660. The van der Waals surface area contributed by atoms with Gasteiger partial charge in [-0.15, -0.1) is 0 Å². The van der Waals surface area contributed by atoms with Crippen LogP contribution in [0.5, 0.6) is 0 Å². The van der Waals surface area contributed by atoms with E-state index in [1.807, 2.05) is 0 Å². The van der Waals surface area contributed by atoms with Crippen LogP contribution in [0.4, 0.5) is 0 Å². The van der Waals surface area contributed by atoms with Gasteiger partial charge in [0.15, 0.2) is 0 Å². The molecule has 0 spiro atoms. The molecule has 82 valence electrons. The maximum atomic E-state index is 3.96. The Morgan fingerprint density at radius 2 is 2.21 bits per heavy atom. The van der Waals surface area contributed by atoms with Crippen molar-refractivity contribution >= 4 is 0 Å². The first-order valence-corrected chi connectivity index (χ1v) is 5.71. The minimum Gasteiger partial charge on any atom is -0.312 e. The summed E-state index contributed by atoms with van der Waals surface area (Å²) in [6.45, 7) is 10.5. The van der Waals surface area contributed by atoms with Gasteiger partial charge in [-0.25, -0.2) is 0 Å². The third kappa shape index (κ3) is 4.25. The van der Waals surface area contributed by atoms with Crippen LogP contribution < -0.4 is 5.32 Å². The first-order valence-electron chi connectivity index (χ1n) is 5.71. The zero-order valence-corrected chi connectivity index (χ0v) is 9.84. The van der Waals surface area contributed by atoms with Gasteiger partial charge < -0.3 is 5.32 Å². The number of nitrogens with zero attached hydrogens (tertiary/aromatic N) is 1. The van der Waals surface area contributed by atoms with Gasteiger partial charge in [-0.2, -0.15) is 0 Å². The Morgan fingerprint density at radius 3 is 2.64 bits per heavy atom. The van der Waals surface area contributed by atoms with E-state index in [9.17, 15) is 0 Å². The molecule has 1 aliphatic rings. The van der Waals surface area contributed by atoms with E-state index >= 15 is 0 Å². The Hall–Kier alpha value is -0.340. The van der Waals surface area contributed by atoms with Gasteiger partial charge in [0.25, 0.3) is 0 Å². The Balaban J connectivity index is 2.23. The molecule has 0 aliphatic heterocycles. The van der Waals surface area contributed by atoms with Gasteiger partial charge in [-0.1, -0.05) is 19.1 Å². The quantitative estimate of drug-likeness (QED) is 0.627. The summed E-state index contributed by atoms with van der Waals surface area (Å²) in [5.41, 5.74) is 1.25. The van der Waals surface area contributed by atoms with E-state index in [1.54, 1.807) is 0 Å². The monoisotopic (exact) mass is 196 g/mol. The van der Waals surface area contributed by atoms with Crippen LogP contribution in [0.15, 0.2) is 12.2 Å².